The highest BCUT2D eigenvalue weighted by Crippen LogP contribution is 2.31. The molecule has 5 heterocycles. The second kappa shape index (κ2) is 9.74. The molecule has 4 aromatic heterocycles. The van der Waals surface area contributed by atoms with Gasteiger partial charge in [-0.25, -0.2) is 34.0 Å². The van der Waals surface area contributed by atoms with Crippen LogP contribution in [0.3, 0.4) is 0 Å². The first-order chi connectivity index (χ1) is 18.6. The minimum Gasteiger partial charge on any atom is -0.383 e. The minimum absolute atomic E-state index is 0.163. The molecule has 0 saturated carbocycles. The van der Waals surface area contributed by atoms with E-state index in [1.165, 1.54) is 12.4 Å². The lowest BCUT2D eigenvalue weighted by molar-refractivity contribution is 0.455. The van der Waals surface area contributed by atoms with Gasteiger partial charge in [0.25, 0.3) is 0 Å². The number of piperidine rings is 1. The van der Waals surface area contributed by atoms with Gasteiger partial charge in [0.2, 0.25) is 0 Å². The van der Waals surface area contributed by atoms with Gasteiger partial charge in [0.05, 0.1) is 11.3 Å². The number of nitrogens with two attached hydrogens (primary N) is 1. The maximum atomic E-state index is 14.6. The Morgan fingerprint density at radius 3 is 2.58 bits per heavy atom. The summed E-state index contributed by atoms with van der Waals surface area (Å²) in [6.45, 7) is 1.39. The van der Waals surface area contributed by atoms with Gasteiger partial charge in [-0.15, -0.1) is 0 Å². The molecule has 1 aliphatic rings. The first kappa shape index (κ1) is 23.3. The number of hydrogen-bond donors (Lipinski definition) is 2. The van der Waals surface area contributed by atoms with Crippen LogP contribution in [0.4, 0.5) is 16.0 Å². The monoisotopic (exact) mass is 506 g/mol. The summed E-state index contributed by atoms with van der Waals surface area (Å²) in [4.78, 5) is 22.1. The number of nitrogens with zero attached hydrogens (tertiary/aromatic N) is 8. The third-order valence-electron chi connectivity index (χ3n) is 6.60. The molecule has 1 fully saturated rings. The average molecular weight is 507 g/mol. The van der Waals surface area contributed by atoms with Crippen LogP contribution in [-0.4, -0.2) is 48.7 Å². The lowest BCUT2D eigenvalue weighted by Gasteiger charge is -2.35. The number of nitrogens with one attached hydrogen (secondary N) is 1. The number of anilines is 2. The van der Waals surface area contributed by atoms with Crippen molar-refractivity contribution in [2.75, 3.05) is 29.1 Å². The van der Waals surface area contributed by atoms with E-state index in [0.29, 0.717) is 64.2 Å². The van der Waals surface area contributed by atoms with Gasteiger partial charge in [-0.1, -0.05) is 12.1 Å². The molecule has 0 bridgehead atoms. The largest absolute Gasteiger partial charge is 0.383 e. The van der Waals surface area contributed by atoms with Crippen LogP contribution in [0.2, 0.25) is 0 Å². The van der Waals surface area contributed by atoms with Gasteiger partial charge >= 0.3 is 0 Å². The molecule has 38 heavy (non-hydrogen) atoms. The molecule has 5 aromatic rings. The van der Waals surface area contributed by atoms with Crippen LogP contribution in [0, 0.1) is 17.1 Å². The number of nitriles is 1. The maximum absolute atomic E-state index is 14.6. The highest BCUT2D eigenvalue weighted by atomic mass is 19.1. The Morgan fingerprint density at radius 2 is 1.79 bits per heavy atom. The van der Waals surface area contributed by atoms with Crippen molar-refractivity contribution in [2.45, 2.75) is 18.9 Å². The highest BCUT2D eigenvalue weighted by molar-refractivity contribution is 5.82. The molecular weight excluding hydrogens is 483 g/mol. The number of benzene rings is 1. The Morgan fingerprint density at radius 1 is 0.974 bits per heavy atom. The number of rotatable bonds is 5. The van der Waals surface area contributed by atoms with Gasteiger partial charge < -0.3 is 16.1 Å². The molecule has 3 N–H and O–H groups in total. The third-order valence-corrected chi connectivity index (χ3v) is 6.60. The highest BCUT2D eigenvalue weighted by Gasteiger charge is 2.26. The van der Waals surface area contributed by atoms with Gasteiger partial charge in [-0.3, -0.25) is 0 Å². The van der Waals surface area contributed by atoms with Crippen molar-refractivity contribution in [3.63, 3.8) is 0 Å². The number of halogens is 1. The molecule has 11 heteroatoms. The number of pyridine rings is 2. The van der Waals surface area contributed by atoms with E-state index in [-0.39, 0.29) is 11.9 Å². The molecule has 0 spiro atoms. The molecule has 0 unspecified atom stereocenters. The van der Waals surface area contributed by atoms with E-state index in [0.717, 1.165) is 12.8 Å². The van der Waals surface area contributed by atoms with Crippen molar-refractivity contribution in [3.8, 4) is 28.7 Å². The fraction of sp³-hybridized carbons (Fsp3) is 0.185. The Kier molecular flexibility index (Phi) is 5.97. The molecule has 0 aliphatic carbocycles. The maximum Gasteiger partial charge on any atom is 0.180 e. The van der Waals surface area contributed by atoms with Crippen LogP contribution in [-0.2, 0) is 0 Å². The zero-order valence-electron chi connectivity index (χ0n) is 20.3. The number of hydrogen-bond acceptors (Lipinski definition) is 9. The average Bonchev–Trinajstić information content (AvgIpc) is 3.32. The zero-order chi connectivity index (χ0) is 26.1. The van der Waals surface area contributed by atoms with Crippen molar-refractivity contribution in [3.05, 3.63) is 78.6 Å². The number of imidazole rings is 1. The molecule has 0 radical (unpaired) electrons. The summed E-state index contributed by atoms with van der Waals surface area (Å²) in [6.07, 6.45) is 4.64. The molecule has 10 nitrogen and oxygen atoms in total. The number of fused-ring (bicyclic) bond motifs is 1. The first-order valence-electron chi connectivity index (χ1n) is 12.2. The number of nitrogen functional groups attached to an aromatic ring is 1. The van der Waals surface area contributed by atoms with Gasteiger partial charge in [0.1, 0.15) is 41.1 Å². The summed E-state index contributed by atoms with van der Waals surface area (Å²) in [7, 11) is 0. The molecule has 1 aliphatic heterocycles. The first-order valence-corrected chi connectivity index (χ1v) is 12.2. The SMILES string of the molecule is N#Cc1cc(NC2CCN(n3c(-c4cccnc4N)nc4ccc(-c5ccccc5F)nc43)CC2)ncn1. The predicted molar refractivity (Wildman–Crippen MR) is 142 cm³/mol. The van der Waals surface area contributed by atoms with Crippen LogP contribution in [0.5, 0.6) is 0 Å². The Labute approximate surface area is 217 Å². The topological polar surface area (TPSA) is 134 Å². The molecule has 0 amide bonds. The number of aromatic nitrogens is 6. The van der Waals surface area contributed by atoms with Gasteiger partial charge in [-0.2, -0.15) is 5.26 Å². The van der Waals surface area contributed by atoms with E-state index >= 15 is 0 Å². The second-order valence-electron chi connectivity index (χ2n) is 8.98. The van der Waals surface area contributed by atoms with Crippen molar-refractivity contribution in [2.24, 2.45) is 0 Å². The lowest BCUT2D eigenvalue weighted by atomic mass is 10.1. The predicted octanol–water partition coefficient (Wildman–Crippen LogP) is 3.76. The van der Waals surface area contributed by atoms with Crippen molar-refractivity contribution < 1.29 is 4.39 Å². The van der Waals surface area contributed by atoms with Crippen molar-refractivity contribution in [1.29, 1.82) is 5.26 Å². The van der Waals surface area contributed by atoms with Crippen LogP contribution in [0.1, 0.15) is 18.5 Å². The van der Waals surface area contributed by atoms with E-state index in [2.05, 4.69) is 25.3 Å². The summed E-state index contributed by atoms with van der Waals surface area (Å²) < 4.78 is 16.6. The summed E-state index contributed by atoms with van der Waals surface area (Å²) in [6, 6.07) is 17.8. The molecule has 1 aromatic carbocycles. The summed E-state index contributed by atoms with van der Waals surface area (Å²) >= 11 is 0. The molecule has 1 saturated heterocycles. The normalized spacial score (nSPS) is 13.9. The minimum atomic E-state index is -0.335. The molecular formula is C27H23FN10. The fourth-order valence-electron chi connectivity index (χ4n) is 4.73. The van der Waals surface area contributed by atoms with Crippen molar-refractivity contribution in [1.82, 2.24) is 29.6 Å². The summed E-state index contributed by atoms with van der Waals surface area (Å²) in [5.41, 5.74) is 9.50. The lowest BCUT2D eigenvalue weighted by Crippen LogP contribution is -2.45. The van der Waals surface area contributed by atoms with Crippen LogP contribution in [0.25, 0.3) is 33.8 Å². The van der Waals surface area contributed by atoms with Crippen LogP contribution < -0.4 is 16.1 Å². The van der Waals surface area contributed by atoms with E-state index in [1.807, 2.05) is 28.9 Å². The van der Waals surface area contributed by atoms with E-state index < -0.39 is 0 Å². The fourth-order valence-corrected chi connectivity index (χ4v) is 4.73. The van der Waals surface area contributed by atoms with Gasteiger partial charge in [-0.05, 0) is 49.2 Å². The van der Waals surface area contributed by atoms with E-state index in [1.54, 1.807) is 36.5 Å². The van der Waals surface area contributed by atoms with Gasteiger partial charge in [0.15, 0.2) is 11.5 Å². The van der Waals surface area contributed by atoms with Gasteiger partial charge in [0, 0.05) is 37.0 Å². The van der Waals surface area contributed by atoms with E-state index in [9.17, 15) is 4.39 Å². The summed E-state index contributed by atoms with van der Waals surface area (Å²) in [5, 5.41) is 14.7. The van der Waals surface area contributed by atoms with Crippen LogP contribution >= 0.6 is 0 Å². The molecule has 188 valence electrons. The zero-order valence-corrected chi connectivity index (χ0v) is 20.3. The Bertz CT molecular complexity index is 1670. The quantitative estimate of drug-likeness (QED) is 0.365. The molecule has 6 rings (SSSR count). The standard InChI is InChI=1S/C27H23FN10/c28-21-6-2-1-4-19(21)22-7-8-23-27(35-22)38(26(36-23)20-5-3-11-31-25(20)30)37-12-9-17(10-13-37)34-24-14-18(15-29)32-16-33-24/h1-8,11,14,16-17H,9-10,12-13H2,(H2,30,31)(H,32,33,34). The molecule has 0 atom stereocenters. The Hall–Kier alpha value is -5.11. The smallest absolute Gasteiger partial charge is 0.180 e. The van der Waals surface area contributed by atoms with Crippen molar-refractivity contribution >= 4 is 22.8 Å². The Balaban J connectivity index is 1.36. The van der Waals surface area contributed by atoms with Crippen LogP contribution in [0.15, 0.2) is 67.1 Å². The summed E-state index contributed by atoms with van der Waals surface area (Å²) in [5.74, 6) is 1.29. The third kappa shape index (κ3) is 4.32. The van der Waals surface area contributed by atoms with E-state index in [4.69, 9.17) is 21.0 Å². The second-order valence-corrected chi connectivity index (χ2v) is 8.98.